The van der Waals surface area contributed by atoms with Crippen LogP contribution in [-0.4, -0.2) is 9.97 Å². The molecule has 0 aliphatic carbocycles. The summed E-state index contributed by atoms with van der Waals surface area (Å²) in [7, 11) is 0. The summed E-state index contributed by atoms with van der Waals surface area (Å²) in [6.07, 6.45) is 0. The van der Waals surface area contributed by atoms with Gasteiger partial charge in [0, 0.05) is 22.0 Å². The van der Waals surface area contributed by atoms with Crippen LogP contribution in [0.1, 0.15) is 0 Å². The van der Waals surface area contributed by atoms with Crippen LogP contribution in [0.15, 0.2) is 88.4 Å². The van der Waals surface area contributed by atoms with Crippen LogP contribution in [0.2, 0.25) is 5.02 Å². The third-order valence-corrected chi connectivity index (χ3v) is 4.67. The van der Waals surface area contributed by atoms with Gasteiger partial charge in [-0.3, -0.25) is 0 Å². The SMILES string of the molecule is Clc1ccc2oc(-c3ccccc3)cc(=NNc3nc4ccccc4[nH]3)c2c1. The second-order valence-electron chi connectivity index (χ2n) is 6.33. The predicted molar refractivity (Wildman–Crippen MR) is 112 cm³/mol. The zero-order valence-corrected chi connectivity index (χ0v) is 15.4. The quantitative estimate of drug-likeness (QED) is 0.399. The van der Waals surface area contributed by atoms with Crippen LogP contribution < -0.4 is 10.8 Å². The first-order chi connectivity index (χ1) is 13.8. The van der Waals surface area contributed by atoms with Gasteiger partial charge in [-0.2, -0.15) is 5.10 Å². The summed E-state index contributed by atoms with van der Waals surface area (Å²) in [5, 5.41) is 6.71. The topological polar surface area (TPSA) is 66.2 Å². The van der Waals surface area contributed by atoms with E-state index in [0.717, 1.165) is 27.7 Å². The third-order valence-electron chi connectivity index (χ3n) is 4.44. The highest BCUT2D eigenvalue weighted by molar-refractivity contribution is 6.31. The van der Waals surface area contributed by atoms with Crippen molar-refractivity contribution in [2.24, 2.45) is 5.10 Å². The summed E-state index contributed by atoms with van der Waals surface area (Å²) in [6, 6.07) is 25.1. The Bertz CT molecular complexity index is 1320. The average Bonchev–Trinajstić information content (AvgIpc) is 3.15. The molecule has 6 heteroatoms. The molecule has 0 radical (unpaired) electrons. The van der Waals surface area contributed by atoms with E-state index in [2.05, 4.69) is 20.5 Å². The van der Waals surface area contributed by atoms with E-state index in [4.69, 9.17) is 16.0 Å². The molecular weight excluding hydrogens is 372 g/mol. The molecule has 2 N–H and O–H groups in total. The molecule has 0 aliphatic rings. The zero-order valence-electron chi connectivity index (χ0n) is 14.7. The van der Waals surface area contributed by atoms with Gasteiger partial charge in [0.15, 0.2) is 0 Å². The third kappa shape index (κ3) is 3.12. The number of anilines is 1. The standard InChI is InChI=1S/C22H15ClN4O/c23-15-10-11-20-16(12-15)19(13-21(28-20)14-6-2-1-3-7-14)26-27-22-24-17-8-4-5-9-18(17)25-22/h1-13H,(H2,24,25,27). The number of nitrogens with zero attached hydrogens (tertiary/aromatic N) is 2. The Hall–Kier alpha value is -3.57. The highest BCUT2D eigenvalue weighted by Gasteiger charge is 2.07. The van der Waals surface area contributed by atoms with Crippen molar-refractivity contribution in [1.82, 2.24) is 9.97 Å². The van der Waals surface area contributed by atoms with E-state index in [9.17, 15) is 0 Å². The van der Waals surface area contributed by atoms with Crippen LogP contribution in [0.25, 0.3) is 33.3 Å². The summed E-state index contributed by atoms with van der Waals surface area (Å²) < 4.78 is 6.07. The predicted octanol–water partition coefficient (Wildman–Crippen LogP) is 5.56. The number of fused-ring (bicyclic) bond motifs is 2. The van der Waals surface area contributed by atoms with E-state index < -0.39 is 0 Å². The minimum atomic E-state index is 0.568. The molecule has 0 atom stereocenters. The molecule has 5 aromatic rings. The fourth-order valence-corrected chi connectivity index (χ4v) is 3.27. The summed E-state index contributed by atoms with van der Waals surface area (Å²) in [5.41, 5.74) is 6.51. The maximum Gasteiger partial charge on any atom is 0.222 e. The molecule has 0 spiro atoms. The fraction of sp³-hybridized carbons (Fsp3) is 0. The largest absolute Gasteiger partial charge is 0.456 e. The molecule has 0 unspecified atom stereocenters. The monoisotopic (exact) mass is 386 g/mol. The van der Waals surface area contributed by atoms with Crippen molar-refractivity contribution in [2.45, 2.75) is 0 Å². The smallest absolute Gasteiger partial charge is 0.222 e. The van der Waals surface area contributed by atoms with E-state index in [-0.39, 0.29) is 0 Å². The Labute approximate surface area is 165 Å². The lowest BCUT2D eigenvalue weighted by Gasteiger charge is -2.05. The van der Waals surface area contributed by atoms with Gasteiger partial charge in [0.25, 0.3) is 0 Å². The molecule has 0 aliphatic heterocycles. The van der Waals surface area contributed by atoms with Crippen molar-refractivity contribution >= 4 is 39.6 Å². The Kier molecular flexibility index (Phi) is 4.07. The maximum atomic E-state index is 6.20. The molecule has 0 saturated carbocycles. The van der Waals surface area contributed by atoms with Crippen molar-refractivity contribution in [3.63, 3.8) is 0 Å². The second kappa shape index (κ2) is 6.87. The molecule has 5 nitrogen and oxygen atoms in total. The maximum absolute atomic E-state index is 6.20. The summed E-state index contributed by atoms with van der Waals surface area (Å²) in [4.78, 5) is 7.70. The normalized spacial score (nSPS) is 12.0. The molecule has 136 valence electrons. The number of aromatic amines is 1. The van der Waals surface area contributed by atoms with E-state index in [0.29, 0.717) is 21.9 Å². The van der Waals surface area contributed by atoms with Gasteiger partial charge < -0.3 is 9.40 Å². The lowest BCUT2D eigenvalue weighted by Crippen LogP contribution is -2.08. The molecule has 0 fully saturated rings. The summed E-state index contributed by atoms with van der Waals surface area (Å²) >= 11 is 6.20. The van der Waals surface area contributed by atoms with Crippen molar-refractivity contribution in [1.29, 1.82) is 0 Å². The van der Waals surface area contributed by atoms with E-state index in [1.165, 1.54) is 0 Å². The van der Waals surface area contributed by atoms with Gasteiger partial charge in [0.1, 0.15) is 11.3 Å². The number of aromatic nitrogens is 2. The number of hydrogen-bond acceptors (Lipinski definition) is 4. The van der Waals surface area contributed by atoms with Crippen molar-refractivity contribution < 1.29 is 4.42 Å². The first-order valence-corrected chi connectivity index (χ1v) is 9.17. The number of para-hydroxylation sites is 2. The van der Waals surface area contributed by atoms with Gasteiger partial charge in [0.2, 0.25) is 5.95 Å². The molecule has 5 rings (SSSR count). The second-order valence-corrected chi connectivity index (χ2v) is 6.76. The Balaban J connectivity index is 1.65. The summed E-state index contributed by atoms with van der Waals surface area (Å²) in [5.74, 6) is 1.29. The van der Waals surface area contributed by atoms with E-state index >= 15 is 0 Å². The molecular formula is C22H15ClN4O. The Morgan fingerprint density at radius 1 is 0.929 bits per heavy atom. The van der Waals surface area contributed by atoms with Crippen LogP contribution in [0, 0.1) is 0 Å². The molecule has 28 heavy (non-hydrogen) atoms. The molecule has 0 amide bonds. The van der Waals surface area contributed by atoms with E-state index in [1.54, 1.807) is 6.07 Å². The van der Waals surface area contributed by atoms with Gasteiger partial charge in [-0.15, -0.1) is 0 Å². The van der Waals surface area contributed by atoms with E-state index in [1.807, 2.05) is 72.8 Å². The number of imidazole rings is 1. The van der Waals surface area contributed by atoms with Crippen LogP contribution in [0.4, 0.5) is 5.95 Å². The van der Waals surface area contributed by atoms with Crippen LogP contribution >= 0.6 is 11.6 Å². The van der Waals surface area contributed by atoms with Gasteiger partial charge in [-0.1, -0.05) is 54.1 Å². The Morgan fingerprint density at radius 3 is 2.61 bits per heavy atom. The van der Waals surface area contributed by atoms with Gasteiger partial charge in [0.05, 0.1) is 16.4 Å². The number of H-pyrrole nitrogens is 1. The number of hydrogen-bond donors (Lipinski definition) is 2. The summed E-state index contributed by atoms with van der Waals surface area (Å²) in [6.45, 7) is 0. The lowest BCUT2D eigenvalue weighted by molar-refractivity contribution is 0.618. The van der Waals surface area contributed by atoms with Crippen molar-refractivity contribution in [2.75, 3.05) is 5.43 Å². The Morgan fingerprint density at radius 2 is 1.75 bits per heavy atom. The minimum absolute atomic E-state index is 0.568. The van der Waals surface area contributed by atoms with Crippen LogP contribution in [0.3, 0.4) is 0 Å². The first-order valence-electron chi connectivity index (χ1n) is 8.80. The fourth-order valence-electron chi connectivity index (χ4n) is 3.10. The molecule has 2 aromatic heterocycles. The number of benzene rings is 3. The molecule has 3 aromatic carbocycles. The van der Waals surface area contributed by atoms with Crippen LogP contribution in [-0.2, 0) is 0 Å². The average molecular weight is 387 g/mol. The molecule has 2 heterocycles. The first kappa shape index (κ1) is 16.6. The number of rotatable bonds is 3. The van der Waals surface area contributed by atoms with Gasteiger partial charge >= 0.3 is 0 Å². The van der Waals surface area contributed by atoms with Crippen molar-refractivity contribution in [3.8, 4) is 11.3 Å². The lowest BCUT2D eigenvalue weighted by atomic mass is 10.1. The minimum Gasteiger partial charge on any atom is -0.456 e. The highest BCUT2D eigenvalue weighted by Crippen LogP contribution is 2.24. The molecule has 0 bridgehead atoms. The van der Waals surface area contributed by atoms with Gasteiger partial charge in [-0.25, -0.2) is 10.4 Å². The highest BCUT2D eigenvalue weighted by atomic mass is 35.5. The van der Waals surface area contributed by atoms with Crippen molar-refractivity contribution in [3.05, 3.63) is 89.2 Å². The van der Waals surface area contributed by atoms with Gasteiger partial charge in [-0.05, 0) is 30.3 Å². The number of nitrogens with one attached hydrogen (secondary N) is 2. The number of halogens is 1. The van der Waals surface area contributed by atoms with Crippen LogP contribution in [0.5, 0.6) is 0 Å². The zero-order chi connectivity index (χ0) is 18.9. The molecule has 0 saturated heterocycles.